The molecule has 5 heteroatoms. The van der Waals surface area contributed by atoms with Crippen LogP contribution in [0.25, 0.3) is 0 Å². The maximum Gasteiger partial charge on any atom is 0.236 e. The SMILES string of the molecule is O=C(CNCC(=O)N1CCCCC1)NC1CCCCC1. The molecular weight excluding hydrogens is 254 g/mol. The fraction of sp³-hybridized carbons (Fsp3) is 0.867. The van der Waals surface area contributed by atoms with Gasteiger partial charge in [0.1, 0.15) is 0 Å². The van der Waals surface area contributed by atoms with Crippen molar-refractivity contribution in [2.45, 2.75) is 57.4 Å². The van der Waals surface area contributed by atoms with Gasteiger partial charge in [0.2, 0.25) is 11.8 Å². The number of hydrogen-bond donors (Lipinski definition) is 2. The Morgan fingerprint density at radius 2 is 1.55 bits per heavy atom. The number of amides is 2. The van der Waals surface area contributed by atoms with Gasteiger partial charge in [-0.25, -0.2) is 0 Å². The Balaban J connectivity index is 1.57. The van der Waals surface area contributed by atoms with Gasteiger partial charge >= 0.3 is 0 Å². The van der Waals surface area contributed by atoms with Crippen molar-refractivity contribution in [3.05, 3.63) is 0 Å². The predicted molar refractivity (Wildman–Crippen MR) is 78.3 cm³/mol. The van der Waals surface area contributed by atoms with Crippen LogP contribution in [-0.2, 0) is 9.59 Å². The first-order valence-electron chi connectivity index (χ1n) is 8.03. The minimum absolute atomic E-state index is 0.0170. The molecule has 0 aromatic carbocycles. The van der Waals surface area contributed by atoms with Crippen molar-refractivity contribution < 1.29 is 9.59 Å². The van der Waals surface area contributed by atoms with Crippen LogP contribution in [0.1, 0.15) is 51.4 Å². The molecule has 1 saturated heterocycles. The second-order valence-electron chi connectivity index (χ2n) is 5.95. The molecule has 0 bridgehead atoms. The van der Waals surface area contributed by atoms with E-state index in [-0.39, 0.29) is 24.9 Å². The van der Waals surface area contributed by atoms with E-state index in [0.717, 1.165) is 38.8 Å². The first kappa shape index (κ1) is 15.3. The van der Waals surface area contributed by atoms with Crippen molar-refractivity contribution in [2.75, 3.05) is 26.2 Å². The highest BCUT2D eigenvalue weighted by Crippen LogP contribution is 2.17. The van der Waals surface area contributed by atoms with Gasteiger partial charge in [-0.1, -0.05) is 19.3 Å². The molecule has 0 unspecified atom stereocenters. The molecule has 1 aliphatic carbocycles. The molecule has 5 nitrogen and oxygen atoms in total. The van der Waals surface area contributed by atoms with E-state index in [1.54, 1.807) is 0 Å². The molecule has 2 N–H and O–H groups in total. The van der Waals surface area contributed by atoms with Gasteiger partial charge < -0.3 is 10.2 Å². The number of likely N-dealkylation sites (tertiary alicyclic amines) is 1. The number of hydrogen-bond acceptors (Lipinski definition) is 3. The minimum atomic E-state index is 0.0170. The minimum Gasteiger partial charge on any atom is -0.352 e. The molecule has 0 aromatic rings. The molecular formula is C15H27N3O2. The van der Waals surface area contributed by atoms with Crippen LogP contribution in [0.4, 0.5) is 0 Å². The molecule has 2 fully saturated rings. The van der Waals surface area contributed by atoms with Gasteiger partial charge in [0.15, 0.2) is 0 Å². The smallest absolute Gasteiger partial charge is 0.236 e. The molecule has 114 valence electrons. The number of nitrogens with one attached hydrogen (secondary N) is 2. The van der Waals surface area contributed by atoms with Gasteiger partial charge in [0.05, 0.1) is 13.1 Å². The van der Waals surface area contributed by atoms with Crippen LogP contribution in [0.3, 0.4) is 0 Å². The summed E-state index contributed by atoms with van der Waals surface area (Å²) in [7, 11) is 0. The van der Waals surface area contributed by atoms with Crippen LogP contribution < -0.4 is 10.6 Å². The second kappa shape index (κ2) is 8.25. The third-order valence-corrected chi connectivity index (χ3v) is 4.24. The summed E-state index contributed by atoms with van der Waals surface area (Å²) in [4.78, 5) is 25.6. The lowest BCUT2D eigenvalue weighted by atomic mass is 9.95. The van der Waals surface area contributed by atoms with E-state index in [2.05, 4.69) is 10.6 Å². The maximum atomic E-state index is 11.9. The molecule has 1 heterocycles. The monoisotopic (exact) mass is 281 g/mol. The van der Waals surface area contributed by atoms with E-state index in [9.17, 15) is 9.59 Å². The van der Waals surface area contributed by atoms with Gasteiger partial charge in [-0.3, -0.25) is 14.9 Å². The fourth-order valence-corrected chi connectivity index (χ4v) is 3.06. The summed E-state index contributed by atoms with van der Waals surface area (Å²) in [6.07, 6.45) is 9.34. The van der Waals surface area contributed by atoms with E-state index in [0.29, 0.717) is 6.04 Å². The van der Waals surface area contributed by atoms with E-state index in [1.807, 2.05) is 4.90 Å². The molecule has 2 amide bonds. The van der Waals surface area contributed by atoms with Crippen LogP contribution in [0.2, 0.25) is 0 Å². The average Bonchev–Trinajstić information content (AvgIpc) is 2.49. The Labute approximate surface area is 121 Å². The molecule has 0 aromatic heterocycles. The summed E-state index contributed by atoms with van der Waals surface area (Å²) >= 11 is 0. The van der Waals surface area contributed by atoms with Crippen LogP contribution in [0.5, 0.6) is 0 Å². The number of carbonyl (C=O) groups is 2. The van der Waals surface area contributed by atoms with Crippen LogP contribution in [-0.4, -0.2) is 48.9 Å². The van der Waals surface area contributed by atoms with Crippen molar-refractivity contribution in [2.24, 2.45) is 0 Å². The van der Waals surface area contributed by atoms with Gasteiger partial charge in [0, 0.05) is 19.1 Å². The standard InChI is InChI=1S/C15H27N3O2/c19-14(17-13-7-3-1-4-8-13)11-16-12-15(20)18-9-5-2-6-10-18/h13,16H,1-12H2,(H,17,19). The average molecular weight is 281 g/mol. The van der Waals surface area contributed by atoms with Crippen molar-refractivity contribution in [1.82, 2.24) is 15.5 Å². The molecule has 0 atom stereocenters. The molecule has 20 heavy (non-hydrogen) atoms. The van der Waals surface area contributed by atoms with Gasteiger partial charge in [-0.15, -0.1) is 0 Å². The molecule has 1 aliphatic heterocycles. The van der Waals surface area contributed by atoms with Crippen molar-refractivity contribution in [1.29, 1.82) is 0 Å². The molecule has 2 aliphatic rings. The van der Waals surface area contributed by atoms with E-state index >= 15 is 0 Å². The van der Waals surface area contributed by atoms with Crippen LogP contribution in [0.15, 0.2) is 0 Å². The Morgan fingerprint density at radius 3 is 2.25 bits per heavy atom. The van der Waals surface area contributed by atoms with Crippen molar-refractivity contribution in [3.8, 4) is 0 Å². The Bertz CT molecular complexity index is 321. The fourth-order valence-electron chi connectivity index (χ4n) is 3.06. The largest absolute Gasteiger partial charge is 0.352 e. The lowest BCUT2D eigenvalue weighted by Crippen LogP contribution is -2.45. The zero-order chi connectivity index (χ0) is 14.2. The Kier molecular flexibility index (Phi) is 6.30. The summed E-state index contributed by atoms with van der Waals surface area (Å²) in [5.41, 5.74) is 0. The van der Waals surface area contributed by atoms with Gasteiger partial charge in [-0.2, -0.15) is 0 Å². The lowest BCUT2D eigenvalue weighted by molar-refractivity contribution is -0.131. The highest BCUT2D eigenvalue weighted by Gasteiger charge is 2.17. The van der Waals surface area contributed by atoms with Crippen LogP contribution in [0, 0.1) is 0 Å². The molecule has 1 saturated carbocycles. The van der Waals surface area contributed by atoms with E-state index in [4.69, 9.17) is 0 Å². The van der Waals surface area contributed by atoms with Crippen LogP contribution >= 0.6 is 0 Å². The zero-order valence-electron chi connectivity index (χ0n) is 12.3. The summed E-state index contributed by atoms with van der Waals surface area (Å²) in [5, 5.41) is 6.01. The zero-order valence-corrected chi connectivity index (χ0v) is 12.3. The molecule has 2 rings (SSSR count). The predicted octanol–water partition coefficient (Wildman–Crippen LogP) is 1.04. The maximum absolute atomic E-state index is 11.9. The Hall–Kier alpha value is -1.10. The van der Waals surface area contributed by atoms with E-state index in [1.165, 1.54) is 25.7 Å². The first-order chi connectivity index (χ1) is 9.75. The molecule has 0 spiro atoms. The second-order valence-corrected chi connectivity index (χ2v) is 5.95. The summed E-state index contributed by atoms with van der Waals surface area (Å²) in [6.45, 7) is 2.26. The summed E-state index contributed by atoms with van der Waals surface area (Å²) < 4.78 is 0. The Morgan fingerprint density at radius 1 is 0.900 bits per heavy atom. The first-order valence-corrected chi connectivity index (χ1v) is 8.03. The summed E-state index contributed by atoms with van der Waals surface area (Å²) in [5.74, 6) is 0.138. The third kappa shape index (κ3) is 5.12. The van der Waals surface area contributed by atoms with Crippen molar-refractivity contribution in [3.63, 3.8) is 0 Å². The van der Waals surface area contributed by atoms with Crippen molar-refractivity contribution >= 4 is 11.8 Å². The highest BCUT2D eigenvalue weighted by atomic mass is 16.2. The number of rotatable bonds is 5. The quantitative estimate of drug-likeness (QED) is 0.791. The topological polar surface area (TPSA) is 61.4 Å². The molecule has 0 radical (unpaired) electrons. The normalized spacial score (nSPS) is 20.7. The number of nitrogens with zero attached hydrogens (tertiary/aromatic N) is 1. The lowest BCUT2D eigenvalue weighted by Gasteiger charge is -2.27. The van der Waals surface area contributed by atoms with Gasteiger partial charge in [-0.05, 0) is 32.1 Å². The summed E-state index contributed by atoms with van der Waals surface area (Å²) in [6, 6.07) is 0.343. The van der Waals surface area contributed by atoms with E-state index < -0.39 is 0 Å². The van der Waals surface area contributed by atoms with Gasteiger partial charge in [0.25, 0.3) is 0 Å². The number of carbonyl (C=O) groups excluding carboxylic acids is 2. The third-order valence-electron chi connectivity index (χ3n) is 4.24. The number of piperidine rings is 1. The highest BCUT2D eigenvalue weighted by molar-refractivity contribution is 5.81.